The number of anilines is 3. The molecule has 154 valence electrons. The van der Waals surface area contributed by atoms with E-state index in [0.29, 0.717) is 17.4 Å². The first-order valence-corrected chi connectivity index (χ1v) is 10.4. The Morgan fingerprint density at radius 3 is 2.57 bits per heavy atom. The molecule has 6 heteroatoms. The Morgan fingerprint density at radius 2 is 1.83 bits per heavy atom. The number of hydrogen-bond donors (Lipinski definition) is 2. The molecule has 1 amide bonds. The van der Waals surface area contributed by atoms with Crippen LogP contribution in [0.2, 0.25) is 0 Å². The lowest BCUT2D eigenvalue weighted by Gasteiger charge is -2.30. The molecule has 30 heavy (non-hydrogen) atoms. The third-order valence-electron chi connectivity index (χ3n) is 5.77. The zero-order valence-electron chi connectivity index (χ0n) is 17.4. The molecule has 0 saturated carbocycles. The topological polar surface area (TPSA) is 84.1 Å². The number of aromatic nitrogens is 2. The number of likely N-dealkylation sites (tertiary alicyclic amines) is 1. The monoisotopic (exact) mass is 401 g/mol. The Kier molecular flexibility index (Phi) is 5.65. The van der Waals surface area contributed by atoms with Crippen LogP contribution in [0.3, 0.4) is 0 Å². The quantitative estimate of drug-likeness (QED) is 0.622. The lowest BCUT2D eigenvalue weighted by Crippen LogP contribution is -2.37. The van der Waals surface area contributed by atoms with Gasteiger partial charge in [-0.05, 0) is 67.6 Å². The van der Waals surface area contributed by atoms with Crippen molar-refractivity contribution in [1.82, 2.24) is 14.9 Å². The number of nitrogen functional groups attached to an aromatic ring is 1. The summed E-state index contributed by atoms with van der Waals surface area (Å²) in [5.74, 6) is 1.30. The minimum absolute atomic E-state index is 0.101. The van der Waals surface area contributed by atoms with Gasteiger partial charge in [-0.25, -0.2) is 9.97 Å². The van der Waals surface area contributed by atoms with Gasteiger partial charge in [0.05, 0.1) is 5.69 Å². The molecule has 3 aromatic rings. The van der Waals surface area contributed by atoms with Crippen LogP contribution in [0, 0.1) is 12.8 Å². The highest BCUT2D eigenvalue weighted by molar-refractivity contribution is 5.94. The fourth-order valence-corrected chi connectivity index (χ4v) is 3.72. The van der Waals surface area contributed by atoms with Gasteiger partial charge in [0.15, 0.2) is 0 Å². The summed E-state index contributed by atoms with van der Waals surface area (Å²) in [6.07, 6.45) is 3.87. The van der Waals surface area contributed by atoms with Crippen LogP contribution < -0.4 is 11.1 Å². The fourth-order valence-electron chi connectivity index (χ4n) is 3.72. The van der Waals surface area contributed by atoms with Crippen LogP contribution in [0.1, 0.15) is 35.7 Å². The van der Waals surface area contributed by atoms with E-state index in [2.05, 4.69) is 22.2 Å². The Morgan fingerprint density at radius 1 is 1.10 bits per heavy atom. The van der Waals surface area contributed by atoms with Crippen molar-refractivity contribution in [1.29, 1.82) is 0 Å². The zero-order chi connectivity index (χ0) is 21.1. The molecule has 4 rings (SSSR count). The maximum Gasteiger partial charge on any atom is 0.253 e. The highest BCUT2D eigenvalue weighted by Gasteiger charge is 2.21. The number of nitrogens with one attached hydrogen (secondary N) is 1. The number of hydrogen-bond acceptors (Lipinski definition) is 5. The van der Waals surface area contributed by atoms with Crippen molar-refractivity contribution in [2.24, 2.45) is 5.92 Å². The van der Waals surface area contributed by atoms with Gasteiger partial charge in [0, 0.05) is 41.8 Å². The standard InChI is InChI=1S/C24H27N5O/c1-16-11-14-29(15-12-16)23(30)18-6-8-19(9-7-18)27-24-26-13-10-22(28-24)20-4-3-5-21(25)17(20)2/h3-10,13,16H,11-12,14-15,25H2,1-2H3,(H,26,27,28). The minimum Gasteiger partial charge on any atom is -0.398 e. The number of nitrogens with two attached hydrogens (primary N) is 1. The second kappa shape index (κ2) is 8.53. The number of carbonyl (C=O) groups excluding carboxylic acids is 1. The molecule has 0 spiro atoms. The molecule has 1 fully saturated rings. The minimum atomic E-state index is 0.101. The third-order valence-corrected chi connectivity index (χ3v) is 5.77. The first-order chi connectivity index (χ1) is 14.5. The van der Waals surface area contributed by atoms with E-state index in [1.165, 1.54) is 0 Å². The average Bonchev–Trinajstić information content (AvgIpc) is 2.76. The first-order valence-electron chi connectivity index (χ1n) is 10.4. The maximum atomic E-state index is 12.7. The zero-order valence-corrected chi connectivity index (χ0v) is 17.4. The van der Waals surface area contributed by atoms with Crippen LogP contribution in [0.25, 0.3) is 11.3 Å². The van der Waals surface area contributed by atoms with Crippen molar-refractivity contribution in [3.63, 3.8) is 0 Å². The van der Waals surface area contributed by atoms with Crippen LogP contribution in [-0.4, -0.2) is 33.9 Å². The van der Waals surface area contributed by atoms with Crippen LogP contribution in [0.4, 0.5) is 17.3 Å². The van der Waals surface area contributed by atoms with E-state index in [1.807, 2.05) is 60.4 Å². The molecule has 0 aliphatic carbocycles. The number of rotatable bonds is 4. The van der Waals surface area contributed by atoms with Gasteiger partial charge in [0.1, 0.15) is 0 Å². The molecule has 0 radical (unpaired) electrons. The highest BCUT2D eigenvalue weighted by Crippen LogP contribution is 2.26. The number of benzene rings is 2. The highest BCUT2D eigenvalue weighted by atomic mass is 16.2. The number of amides is 1. The first kappa shape index (κ1) is 19.9. The molecular formula is C24H27N5O. The van der Waals surface area contributed by atoms with E-state index in [1.54, 1.807) is 6.20 Å². The van der Waals surface area contributed by atoms with Gasteiger partial charge >= 0.3 is 0 Å². The molecule has 6 nitrogen and oxygen atoms in total. The summed E-state index contributed by atoms with van der Waals surface area (Å²) in [7, 11) is 0. The largest absolute Gasteiger partial charge is 0.398 e. The Balaban J connectivity index is 1.47. The van der Waals surface area contributed by atoms with Gasteiger partial charge in [-0.2, -0.15) is 0 Å². The van der Waals surface area contributed by atoms with Crippen molar-refractivity contribution in [2.45, 2.75) is 26.7 Å². The van der Waals surface area contributed by atoms with Crippen molar-refractivity contribution in [3.05, 3.63) is 65.9 Å². The summed E-state index contributed by atoms with van der Waals surface area (Å²) >= 11 is 0. The molecule has 2 aromatic carbocycles. The van der Waals surface area contributed by atoms with Crippen LogP contribution >= 0.6 is 0 Å². The number of nitrogens with zero attached hydrogens (tertiary/aromatic N) is 3. The predicted octanol–water partition coefficient (Wildman–Crippen LogP) is 4.65. The van der Waals surface area contributed by atoms with Crippen LogP contribution in [0.15, 0.2) is 54.7 Å². The van der Waals surface area contributed by atoms with Crippen molar-refractivity contribution >= 4 is 23.2 Å². The molecule has 0 atom stereocenters. The Hall–Kier alpha value is -3.41. The van der Waals surface area contributed by atoms with Crippen LogP contribution in [-0.2, 0) is 0 Å². The summed E-state index contributed by atoms with van der Waals surface area (Å²) in [6.45, 7) is 5.90. The second-order valence-corrected chi connectivity index (χ2v) is 7.96. The summed E-state index contributed by atoms with van der Waals surface area (Å²) in [6, 6.07) is 15.2. The van der Waals surface area contributed by atoms with Crippen molar-refractivity contribution in [3.8, 4) is 11.3 Å². The van der Waals surface area contributed by atoms with Gasteiger partial charge < -0.3 is 16.0 Å². The molecule has 1 aliphatic rings. The van der Waals surface area contributed by atoms with E-state index in [-0.39, 0.29) is 5.91 Å². The third kappa shape index (κ3) is 4.27. The number of piperidine rings is 1. The normalized spacial score (nSPS) is 14.5. The molecule has 3 N–H and O–H groups in total. The summed E-state index contributed by atoms with van der Waals surface area (Å²) in [5.41, 5.74) is 11.1. The van der Waals surface area contributed by atoms with Gasteiger partial charge in [-0.3, -0.25) is 4.79 Å². The Bertz CT molecular complexity index is 1040. The van der Waals surface area contributed by atoms with E-state index in [0.717, 1.165) is 54.1 Å². The lowest BCUT2D eigenvalue weighted by atomic mass is 9.98. The molecule has 0 unspecified atom stereocenters. The summed E-state index contributed by atoms with van der Waals surface area (Å²) in [5, 5.41) is 3.22. The van der Waals surface area contributed by atoms with Crippen molar-refractivity contribution < 1.29 is 4.79 Å². The molecule has 1 aliphatic heterocycles. The van der Waals surface area contributed by atoms with E-state index in [9.17, 15) is 4.79 Å². The van der Waals surface area contributed by atoms with E-state index < -0.39 is 0 Å². The van der Waals surface area contributed by atoms with E-state index in [4.69, 9.17) is 5.73 Å². The molecule has 1 saturated heterocycles. The van der Waals surface area contributed by atoms with Gasteiger partial charge in [-0.1, -0.05) is 19.1 Å². The molecule has 1 aromatic heterocycles. The van der Waals surface area contributed by atoms with Crippen LogP contribution in [0.5, 0.6) is 0 Å². The van der Waals surface area contributed by atoms with E-state index >= 15 is 0 Å². The number of carbonyl (C=O) groups is 1. The average molecular weight is 402 g/mol. The Labute approximate surface area is 177 Å². The molecule has 2 heterocycles. The van der Waals surface area contributed by atoms with Gasteiger partial charge in [-0.15, -0.1) is 0 Å². The predicted molar refractivity (Wildman–Crippen MR) is 121 cm³/mol. The van der Waals surface area contributed by atoms with Gasteiger partial charge in [0.2, 0.25) is 5.95 Å². The molecular weight excluding hydrogens is 374 g/mol. The van der Waals surface area contributed by atoms with Crippen molar-refractivity contribution in [2.75, 3.05) is 24.1 Å². The smallest absolute Gasteiger partial charge is 0.253 e. The lowest BCUT2D eigenvalue weighted by molar-refractivity contribution is 0.0697. The summed E-state index contributed by atoms with van der Waals surface area (Å²) in [4.78, 5) is 23.6. The summed E-state index contributed by atoms with van der Waals surface area (Å²) < 4.78 is 0. The second-order valence-electron chi connectivity index (χ2n) is 7.96. The maximum absolute atomic E-state index is 12.7. The fraction of sp³-hybridized carbons (Fsp3) is 0.292. The SMILES string of the molecule is Cc1c(N)cccc1-c1ccnc(Nc2ccc(C(=O)N3CCC(C)CC3)cc2)n1. The van der Waals surface area contributed by atoms with Gasteiger partial charge in [0.25, 0.3) is 5.91 Å². The molecule has 0 bridgehead atoms.